The average molecular weight is 278 g/mol. The van der Waals surface area contributed by atoms with Crippen LogP contribution in [0.5, 0.6) is 0 Å². The van der Waals surface area contributed by atoms with E-state index in [1.165, 1.54) is 31.6 Å². The minimum Gasteiger partial charge on any atom is -0.314 e. The van der Waals surface area contributed by atoms with Crippen LogP contribution >= 0.6 is 0 Å². The molecule has 2 rings (SSSR count). The Morgan fingerprint density at radius 2 is 2.25 bits per heavy atom. The Labute approximate surface area is 123 Å². The van der Waals surface area contributed by atoms with Crippen molar-refractivity contribution in [1.29, 1.82) is 0 Å². The Balaban J connectivity index is 1.95. The fourth-order valence-electron chi connectivity index (χ4n) is 3.36. The van der Waals surface area contributed by atoms with Crippen molar-refractivity contribution in [2.75, 3.05) is 19.6 Å². The fraction of sp³-hybridized carbons (Fsp3) is 0.812. The first kappa shape index (κ1) is 15.5. The molecule has 1 aromatic rings. The Morgan fingerprint density at radius 1 is 1.45 bits per heavy atom. The lowest BCUT2D eigenvalue weighted by Crippen LogP contribution is -2.44. The summed E-state index contributed by atoms with van der Waals surface area (Å²) in [6, 6.07) is 2.86. The van der Waals surface area contributed by atoms with Gasteiger partial charge in [-0.1, -0.05) is 6.92 Å². The molecule has 20 heavy (non-hydrogen) atoms. The van der Waals surface area contributed by atoms with Crippen molar-refractivity contribution in [2.45, 2.75) is 59.7 Å². The van der Waals surface area contributed by atoms with Crippen LogP contribution in [-0.2, 0) is 13.1 Å². The van der Waals surface area contributed by atoms with Gasteiger partial charge in [0.15, 0.2) is 0 Å². The zero-order valence-corrected chi connectivity index (χ0v) is 13.5. The van der Waals surface area contributed by atoms with Gasteiger partial charge in [0.1, 0.15) is 0 Å². The fourth-order valence-corrected chi connectivity index (χ4v) is 3.36. The normalized spacial score (nSPS) is 22.1. The SMILES string of the molecule is CCNC(C)C1CCCN(Cc2cc(C)nn2CC)C1. The van der Waals surface area contributed by atoms with E-state index in [4.69, 9.17) is 0 Å². The van der Waals surface area contributed by atoms with Crippen LogP contribution < -0.4 is 5.32 Å². The maximum atomic E-state index is 4.56. The minimum atomic E-state index is 0.626. The maximum Gasteiger partial charge on any atom is 0.0597 e. The van der Waals surface area contributed by atoms with E-state index < -0.39 is 0 Å². The Bertz CT molecular complexity index is 413. The summed E-state index contributed by atoms with van der Waals surface area (Å²) < 4.78 is 2.15. The van der Waals surface area contributed by atoms with Crippen molar-refractivity contribution in [3.05, 3.63) is 17.5 Å². The highest BCUT2D eigenvalue weighted by molar-refractivity contribution is 5.09. The van der Waals surface area contributed by atoms with Gasteiger partial charge < -0.3 is 5.32 Å². The minimum absolute atomic E-state index is 0.626. The molecule has 4 nitrogen and oxygen atoms in total. The van der Waals surface area contributed by atoms with Gasteiger partial charge in [-0.2, -0.15) is 5.10 Å². The molecule has 0 spiro atoms. The third-order valence-electron chi connectivity index (χ3n) is 4.45. The lowest BCUT2D eigenvalue weighted by molar-refractivity contribution is 0.142. The van der Waals surface area contributed by atoms with Gasteiger partial charge in [-0.05, 0) is 58.7 Å². The number of piperidine rings is 1. The van der Waals surface area contributed by atoms with Gasteiger partial charge in [0.25, 0.3) is 0 Å². The quantitative estimate of drug-likeness (QED) is 0.867. The van der Waals surface area contributed by atoms with Crippen LogP contribution in [0.3, 0.4) is 0 Å². The number of aryl methyl sites for hydroxylation is 2. The monoisotopic (exact) mass is 278 g/mol. The van der Waals surface area contributed by atoms with Gasteiger partial charge in [-0.25, -0.2) is 0 Å². The molecule has 0 saturated carbocycles. The average Bonchev–Trinajstić information content (AvgIpc) is 2.79. The van der Waals surface area contributed by atoms with Crippen molar-refractivity contribution < 1.29 is 0 Å². The number of rotatable bonds is 6. The van der Waals surface area contributed by atoms with Gasteiger partial charge in [-0.15, -0.1) is 0 Å². The van der Waals surface area contributed by atoms with E-state index in [-0.39, 0.29) is 0 Å². The summed E-state index contributed by atoms with van der Waals surface area (Å²) in [6.07, 6.45) is 2.68. The second-order valence-corrected chi connectivity index (χ2v) is 6.08. The van der Waals surface area contributed by atoms with E-state index >= 15 is 0 Å². The third-order valence-corrected chi connectivity index (χ3v) is 4.45. The molecular formula is C16H30N4. The zero-order chi connectivity index (χ0) is 14.5. The maximum absolute atomic E-state index is 4.56. The molecule has 1 N–H and O–H groups in total. The molecule has 0 aromatic carbocycles. The summed E-state index contributed by atoms with van der Waals surface area (Å²) in [7, 11) is 0. The summed E-state index contributed by atoms with van der Waals surface area (Å²) >= 11 is 0. The van der Waals surface area contributed by atoms with Crippen LogP contribution in [0.25, 0.3) is 0 Å². The number of likely N-dealkylation sites (tertiary alicyclic amines) is 1. The highest BCUT2D eigenvalue weighted by Gasteiger charge is 2.24. The van der Waals surface area contributed by atoms with Crippen LogP contribution in [0.4, 0.5) is 0 Å². The molecule has 0 aliphatic carbocycles. The van der Waals surface area contributed by atoms with E-state index in [0.717, 1.165) is 31.2 Å². The highest BCUT2D eigenvalue weighted by Crippen LogP contribution is 2.21. The molecule has 1 aliphatic rings. The van der Waals surface area contributed by atoms with Crippen molar-refractivity contribution in [2.24, 2.45) is 5.92 Å². The third kappa shape index (κ3) is 3.83. The summed E-state index contributed by atoms with van der Waals surface area (Å²) in [5.74, 6) is 0.780. The van der Waals surface area contributed by atoms with Crippen LogP contribution in [0.1, 0.15) is 45.0 Å². The first-order chi connectivity index (χ1) is 9.63. The van der Waals surface area contributed by atoms with Crippen molar-refractivity contribution in [3.63, 3.8) is 0 Å². The Hall–Kier alpha value is -0.870. The predicted molar refractivity (Wildman–Crippen MR) is 83.8 cm³/mol. The number of hydrogen-bond acceptors (Lipinski definition) is 3. The molecular weight excluding hydrogens is 248 g/mol. The summed E-state index contributed by atoms with van der Waals surface area (Å²) in [5.41, 5.74) is 2.50. The van der Waals surface area contributed by atoms with E-state index in [1.54, 1.807) is 0 Å². The number of nitrogens with one attached hydrogen (secondary N) is 1. The summed E-state index contributed by atoms with van der Waals surface area (Å²) in [5, 5.41) is 8.14. The molecule has 1 saturated heterocycles. The molecule has 0 amide bonds. The smallest absolute Gasteiger partial charge is 0.0597 e. The molecule has 2 unspecified atom stereocenters. The first-order valence-electron chi connectivity index (χ1n) is 8.13. The second-order valence-electron chi connectivity index (χ2n) is 6.08. The van der Waals surface area contributed by atoms with Gasteiger partial charge in [0, 0.05) is 25.7 Å². The summed E-state index contributed by atoms with van der Waals surface area (Å²) in [6.45, 7) is 14.3. The highest BCUT2D eigenvalue weighted by atomic mass is 15.3. The number of nitrogens with zero attached hydrogens (tertiary/aromatic N) is 3. The molecule has 114 valence electrons. The van der Waals surface area contributed by atoms with Crippen molar-refractivity contribution in [1.82, 2.24) is 20.0 Å². The number of hydrogen-bond donors (Lipinski definition) is 1. The van der Waals surface area contributed by atoms with Gasteiger partial charge in [0.2, 0.25) is 0 Å². The van der Waals surface area contributed by atoms with Crippen molar-refractivity contribution >= 4 is 0 Å². The molecule has 2 heterocycles. The van der Waals surface area contributed by atoms with Gasteiger partial charge >= 0.3 is 0 Å². The van der Waals surface area contributed by atoms with Gasteiger partial charge in [-0.3, -0.25) is 9.58 Å². The molecule has 0 bridgehead atoms. The topological polar surface area (TPSA) is 33.1 Å². The van der Waals surface area contributed by atoms with Crippen LogP contribution in [0.15, 0.2) is 6.07 Å². The number of aromatic nitrogens is 2. The summed E-state index contributed by atoms with van der Waals surface area (Å²) in [4.78, 5) is 2.60. The standard InChI is InChI=1S/C16H30N4/c1-5-17-14(4)15-8-7-9-19(11-15)12-16-10-13(3)18-20(16)6-2/h10,14-15,17H,5-9,11-12H2,1-4H3. The lowest BCUT2D eigenvalue weighted by Gasteiger charge is -2.36. The molecule has 1 aliphatic heterocycles. The molecule has 1 fully saturated rings. The predicted octanol–water partition coefficient (Wildman–Crippen LogP) is 2.42. The first-order valence-corrected chi connectivity index (χ1v) is 8.13. The molecule has 0 radical (unpaired) electrons. The van der Waals surface area contributed by atoms with E-state index in [2.05, 4.69) is 53.8 Å². The Kier molecular flexibility index (Phi) is 5.61. The lowest BCUT2D eigenvalue weighted by atomic mass is 9.91. The molecule has 2 atom stereocenters. The zero-order valence-electron chi connectivity index (χ0n) is 13.5. The largest absolute Gasteiger partial charge is 0.314 e. The van der Waals surface area contributed by atoms with Gasteiger partial charge in [0.05, 0.1) is 11.4 Å². The molecule has 4 heteroatoms. The molecule has 1 aromatic heterocycles. The Morgan fingerprint density at radius 3 is 2.95 bits per heavy atom. The van der Waals surface area contributed by atoms with Crippen molar-refractivity contribution in [3.8, 4) is 0 Å². The van der Waals surface area contributed by atoms with Crippen LogP contribution in [0.2, 0.25) is 0 Å². The van der Waals surface area contributed by atoms with E-state index in [1.807, 2.05) is 0 Å². The van der Waals surface area contributed by atoms with Crippen LogP contribution in [0, 0.1) is 12.8 Å². The second kappa shape index (κ2) is 7.23. The van der Waals surface area contributed by atoms with E-state index in [9.17, 15) is 0 Å². The van der Waals surface area contributed by atoms with Crippen LogP contribution in [-0.4, -0.2) is 40.4 Å². The van der Waals surface area contributed by atoms with E-state index in [0.29, 0.717) is 6.04 Å².